The van der Waals surface area contributed by atoms with Crippen molar-refractivity contribution in [3.8, 4) is 5.75 Å². The maximum atomic E-state index is 11.2. The van der Waals surface area contributed by atoms with Crippen molar-refractivity contribution in [1.82, 2.24) is 0 Å². The third-order valence-electron chi connectivity index (χ3n) is 2.54. The second kappa shape index (κ2) is 7.54. The minimum Gasteiger partial charge on any atom is -0.497 e. The van der Waals surface area contributed by atoms with Crippen LogP contribution in [0.15, 0.2) is 35.9 Å². The topological polar surface area (TPSA) is 35.5 Å². The number of carbonyl (C=O) groups excluding carboxylic acids is 1. The molecule has 0 aliphatic heterocycles. The molecular weight excluding hydrogens is 228 g/mol. The van der Waals surface area contributed by atoms with Gasteiger partial charge in [0.25, 0.3) is 0 Å². The summed E-state index contributed by atoms with van der Waals surface area (Å²) in [6.45, 7) is 4.25. The Labute approximate surface area is 108 Å². The van der Waals surface area contributed by atoms with Crippen molar-refractivity contribution in [1.29, 1.82) is 0 Å². The molecule has 3 nitrogen and oxygen atoms in total. The molecule has 1 rings (SSSR count). The van der Waals surface area contributed by atoms with E-state index in [4.69, 9.17) is 9.47 Å². The standard InChI is InChI=1S/C15H20O3/c1-4-18-15(16)9-8-12(2)10-13-6-5-7-14(11-13)17-3/h5-8,11H,4,9-10H2,1-3H3/b12-8+. The van der Waals surface area contributed by atoms with Gasteiger partial charge in [0.1, 0.15) is 5.75 Å². The Kier molecular flexibility index (Phi) is 5.98. The SMILES string of the molecule is CCOC(=O)C/C=C(\C)Cc1cccc(OC)c1. The number of methoxy groups -OCH3 is 1. The van der Waals surface area contributed by atoms with E-state index in [1.165, 1.54) is 5.56 Å². The lowest BCUT2D eigenvalue weighted by atomic mass is 10.1. The Morgan fingerprint density at radius 2 is 2.17 bits per heavy atom. The van der Waals surface area contributed by atoms with Crippen LogP contribution in [0.4, 0.5) is 0 Å². The highest BCUT2D eigenvalue weighted by molar-refractivity contribution is 5.71. The van der Waals surface area contributed by atoms with Crippen molar-refractivity contribution in [2.24, 2.45) is 0 Å². The quantitative estimate of drug-likeness (QED) is 0.573. The zero-order valence-electron chi connectivity index (χ0n) is 11.2. The summed E-state index contributed by atoms with van der Waals surface area (Å²) in [5.74, 6) is 0.674. The van der Waals surface area contributed by atoms with E-state index >= 15 is 0 Å². The van der Waals surface area contributed by atoms with Crippen molar-refractivity contribution in [3.63, 3.8) is 0 Å². The molecule has 0 aromatic heterocycles. The van der Waals surface area contributed by atoms with E-state index in [9.17, 15) is 4.79 Å². The molecule has 0 saturated carbocycles. The van der Waals surface area contributed by atoms with Crippen LogP contribution < -0.4 is 4.74 Å². The molecule has 0 aliphatic rings. The molecule has 3 heteroatoms. The van der Waals surface area contributed by atoms with Gasteiger partial charge in [0.05, 0.1) is 20.1 Å². The molecule has 0 fully saturated rings. The van der Waals surface area contributed by atoms with E-state index in [1.54, 1.807) is 7.11 Å². The summed E-state index contributed by atoms with van der Waals surface area (Å²) in [5, 5.41) is 0. The number of allylic oxidation sites excluding steroid dienone is 1. The number of benzene rings is 1. The molecule has 0 N–H and O–H groups in total. The molecule has 1 aromatic carbocycles. The minimum absolute atomic E-state index is 0.178. The van der Waals surface area contributed by atoms with Crippen molar-refractivity contribution in [2.75, 3.05) is 13.7 Å². The number of ether oxygens (including phenoxy) is 2. The maximum absolute atomic E-state index is 11.2. The van der Waals surface area contributed by atoms with Crippen LogP contribution in [0.25, 0.3) is 0 Å². The maximum Gasteiger partial charge on any atom is 0.309 e. The predicted molar refractivity (Wildman–Crippen MR) is 71.7 cm³/mol. The van der Waals surface area contributed by atoms with Crippen molar-refractivity contribution >= 4 is 5.97 Å². The number of carbonyl (C=O) groups is 1. The lowest BCUT2D eigenvalue weighted by Crippen LogP contribution is -2.02. The molecule has 0 heterocycles. The smallest absolute Gasteiger partial charge is 0.309 e. The largest absolute Gasteiger partial charge is 0.497 e. The summed E-state index contributed by atoms with van der Waals surface area (Å²) in [4.78, 5) is 11.2. The first kappa shape index (κ1) is 14.3. The molecule has 0 saturated heterocycles. The molecule has 0 spiro atoms. The average Bonchev–Trinajstić information content (AvgIpc) is 2.37. The number of hydrogen-bond donors (Lipinski definition) is 0. The van der Waals surface area contributed by atoms with Crippen LogP contribution in [0.5, 0.6) is 5.75 Å². The molecule has 18 heavy (non-hydrogen) atoms. The molecule has 0 amide bonds. The normalized spacial score (nSPS) is 11.2. The van der Waals surface area contributed by atoms with Crippen LogP contribution in [0.3, 0.4) is 0 Å². The Morgan fingerprint density at radius 1 is 1.39 bits per heavy atom. The molecule has 0 radical (unpaired) electrons. The first-order valence-electron chi connectivity index (χ1n) is 6.10. The van der Waals surface area contributed by atoms with Gasteiger partial charge in [-0.3, -0.25) is 4.79 Å². The number of esters is 1. The summed E-state index contributed by atoms with van der Waals surface area (Å²) in [5.41, 5.74) is 2.32. The van der Waals surface area contributed by atoms with Gasteiger partial charge in [-0.2, -0.15) is 0 Å². The first-order valence-corrected chi connectivity index (χ1v) is 6.10. The van der Waals surface area contributed by atoms with Crippen molar-refractivity contribution < 1.29 is 14.3 Å². The van der Waals surface area contributed by atoms with Gasteiger partial charge in [0.15, 0.2) is 0 Å². The van der Waals surface area contributed by atoms with E-state index in [0.717, 1.165) is 17.7 Å². The Morgan fingerprint density at radius 3 is 2.83 bits per heavy atom. The van der Waals surface area contributed by atoms with E-state index in [2.05, 4.69) is 0 Å². The fourth-order valence-corrected chi connectivity index (χ4v) is 1.65. The Balaban J connectivity index is 2.55. The third-order valence-corrected chi connectivity index (χ3v) is 2.54. The lowest BCUT2D eigenvalue weighted by Gasteiger charge is -2.05. The summed E-state index contributed by atoms with van der Waals surface area (Å²) in [7, 11) is 1.66. The van der Waals surface area contributed by atoms with E-state index in [-0.39, 0.29) is 5.97 Å². The highest BCUT2D eigenvalue weighted by atomic mass is 16.5. The molecule has 98 valence electrons. The minimum atomic E-state index is -0.178. The van der Waals surface area contributed by atoms with Crippen LogP contribution in [-0.4, -0.2) is 19.7 Å². The van der Waals surface area contributed by atoms with Gasteiger partial charge >= 0.3 is 5.97 Å². The molecular formula is C15H20O3. The van der Waals surface area contributed by atoms with Gasteiger partial charge in [-0.05, 0) is 38.0 Å². The fourth-order valence-electron chi connectivity index (χ4n) is 1.65. The van der Waals surface area contributed by atoms with E-state index in [0.29, 0.717) is 13.0 Å². The van der Waals surface area contributed by atoms with Gasteiger partial charge in [-0.25, -0.2) is 0 Å². The van der Waals surface area contributed by atoms with Crippen LogP contribution in [-0.2, 0) is 16.0 Å². The van der Waals surface area contributed by atoms with Gasteiger partial charge in [0.2, 0.25) is 0 Å². The zero-order chi connectivity index (χ0) is 13.4. The second-order valence-corrected chi connectivity index (χ2v) is 4.09. The first-order chi connectivity index (χ1) is 8.65. The molecule has 0 unspecified atom stereocenters. The average molecular weight is 248 g/mol. The highest BCUT2D eigenvalue weighted by Crippen LogP contribution is 2.15. The molecule has 0 atom stereocenters. The van der Waals surface area contributed by atoms with Gasteiger partial charge in [-0.15, -0.1) is 0 Å². The summed E-state index contributed by atoms with van der Waals surface area (Å²) in [6, 6.07) is 7.93. The molecule has 1 aromatic rings. The lowest BCUT2D eigenvalue weighted by molar-refractivity contribution is -0.142. The third kappa shape index (κ3) is 5.04. The number of hydrogen-bond acceptors (Lipinski definition) is 3. The monoisotopic (exact) mass is 248 g/mol. The summed E-state index contributed by atoms with van der Waals surface area (Å²) in [6.07, 6.45) is 3.07. The van der Waals surface area contributed by atoms with Crippen LogP contribution in [0, 0.1) is 0 Å². The van der Waals surface area contributed by atoms with Gasteiger partial charge < -0.3 is 9.47 Å². The van der Waals surface area contributed by atoms with E-state index in [1.807, 2.05) is 44.2 Å². The van der Waals surface area contributed by atoms with Crippen LogP contribution in [0.1, 0.15) is 25.8 Å². The Bertz CT molecular complexity index is 422. The van der Waals surface area contributed by atoms with Gasteiger partial charge in [-0.1, -0.05) is 23.8 Å². The zero-order valence-corrected chi connectivity index (χ0v) is 11.2. The van der Waals surface area contributed by atoms with Crippen molar-refractivity contribution in [2.45, 2.75) is 26.7 Å². The summed E-state index contributed by atoms with van der Waals surface area (Å²) < 4.78 is 10.0. The van der Waals surface area contributed by atoms with Crippen LogP contribution in [0.2, 0.25) is 0 Å². The second-order valence-electron chi connectivity index (χ2n) is 4.09. The van der Waals surface area contributed by atoms with E-state index < -0.39 is 0 Å². The predicted octanol–water partition coefficient (Wildman–Crippen LogP) is 3.14. The van der Waals surface area contributed by atoms with Crippen molar-refractivity contribution in [3.05, 3.63) is 41.5 Å². The molecule has 0 bridgehead atoms. The highest BCUT2D eigenvalue weighted by Gasteiger charge is 2.00. The van der Waals surface area contributed by atoms with Crippen LogP contribution >= 0.6 is 0 Å². The summed E-state index contributed by atoms with van der Waals surface area (Å²) >= 11 is 0. The van der Waals surface area contributed by atoms with Gasteiger partial charge in [0, 0.05) is 0 Å². The molecule has 0 aliphatic carbocycles. The Hall–Kier alpha value is -1.77. The fraction of sp³-hybridized carbons (Fsp3) is 0.400. The number of rotatable bonds is 6.